The summed E-state index contributed by atoms with van der Waals surface area (Å²) in [5, 5.41) is 3.42. The lowest BCUT2D eigenvalue weighted by Crippen LogP contribution is -2.53. The fourth-order valence-corrected chi connectivity index (χ4v) is 3.35. The predicted molar refractivity (Wildman–Crippen MR) is 84.6 cm³/mol. The number of piperazine rings is 1. The zero-order valence-electron chi connectivity index (χ0n) is 12.5. The van der Waals surface area contributed by atoms with Crippen LogP contribution in [0.2, 0.25) is 0 Å². The lowest BCUT2D eigenvalue weighted by molar-refractivity contribution is -0.0190. The van der Waals surface area contributed by atoms with E-state index in [1.165, 1.54) is 11.1 Å². The van der Waals surface area contributed by atoms with E-state index in [1.54, 1.807) is 12.4 Å². The first-order valence-corrected chi connectivity index (χ1v) is 7.88. The van der Waals surface area contributed by atoms with Gasteiger partial charge in [0.15, 0.2) is 0 Å². The number of ether oxygens (including phenoxy) is 1. The standard InChI is InChI=1S/C17H20N4O/c1-2-4-14-13(3-1)5-6-15(14)22-17-12-19-9-10-21(17)16-11-18-7-8-20-16/h1-4,7-8,11,15,17,19H,5-6,9-10,12H2/t15-,17?/m0/s1. The van der Waals surface area contributed by atoms with Crippen LogP contribution in [0.3, 0.4) is 0 Å². The number of fused-ring (bicyclic) bond motifs is 1. The number of anilines is 1. The van der Waals surface area contributed by atoms with Crippen LogP contribution in [-0.2, 0) is 11.2 Å². The molecule has 0 radical (unpaired) electrons. The van der Waals surface area contributed by atoms with E-state index < -0.39 is 0 Å². The van der Waals surface area contributed by atoms with Crippen LogP contribution in [0.5, 0.6) is 0 Å². The number of nitrogens with zero attached hydrogens (tertiary/aromatic N) is 3. The summed E-state index contributed by atoms with van der Waals surface area (Å²) in [4.78, 5) is 10.8. The summed E-state index contributed by atoms with van der Waals surface area (Å²) in [6, 6.07) is 8.60. The molecule has 2 aliphatic rings. The Hall–Kier alpha value is -1.98. The van der Waals surface area contributed by atoms with Gasteiger partial charge >= 0.3 is 0 Å². The minimum absolute atomic E-state index is 0.00149. The fraction of sp³-hybridized carbons (Fsp3) is 0.412. The van der Waals surface area contributed by atoms with Gasteiger partial charge in [0.25, 0.3) is 0 Å². The first-order valence-electron chi connectivity index (χ1n) is 7.88. The fourth-order valence-electron chi connectivity index (χ4n) is 3.35. The van der Waals surface area contributed by atoms with E-state index >= 15 is 0 Å². The maximum atomic E-state index is 6.44. The zero-order chi connectivity index (χ0) is 14.8. The number of nitrogens with one attached hydrogen (secondary N) is 1. The second-order valence-electron chi connectivity index (χ2n) is 5.78. The maximum Gasteiger partial charge on any atom is 0.149 e. The second kappa shape index (κ2) is 6.02. The molecule has 4 rings (SSSR count). The average molecular weight is 296 g/mol. The smallest absolute Gasteiger partial charge is 0.149 e. The van der Waals surface area contributed by atoms with E-state index in [0.717, 1.165) is 38.3 Å². The topological polar surface area (TPSA) is 50.3 Å². The Balaban J connectivity index is 1.54. The minimum Gasteiger partial charge on any atom is -0.349 e. The third kappa shape index (κ3) is 2.58. The molecule has 1 saturated heterocycles. The predicted octanol–water partition coefficient (Wildman–Crippen LogP) is 1.92. The monoisotopic (exact) mass is 296 g/mol. The number of hydrogen-bond donors (Lipinski definition) is 1. The Morgan fingerprint density at radius 3 is 3.09 bits per heavy atom. The van der Waals surface area contributed by atoms with Gasteiger partial charge in [0.2, 0.25) is 0 Å². The van der Waals surface area contributed by atoms with Gasteiger partial charge in [-0.15, -0.1) is 0 Å². The highest BCUT2D eigenvalue weighted by Gasteiger charge is 2.30. The van der Waals surface area contributed by atoms with Crippen molar-refractivity contribution in [3.05, 3.63) is 54.0 Å². The molecule has 1 N–H and O–H groups in total. The molecular weight excluding hydrogens is 276 g/mol. The summed E-state index contributed by atoms with van der Waals surface area (Å²) in [6.45, 7) is 2.64. The summed E-state index contributed by atoms with van der Waals surface area (Å²) >= 11 is 0. The highest BCUT2D eigenvalue weighted by molar-refractivity contribution is 5.37. The van der Waals surface area contributed by atoms with E-state index in [4.69, 9.17) is 4.74 Å². The molecule has 5 nitrogen and oxygen atoms in total. The Bertz CT molecular complexity index is 634. The van der Waals surface area contributed by atoms with Gasteiger partial charge in [-0.25, -0.2) is 4.98 Å². The molecule has 22 heavy (non-hydrogen) atoms. The molecule has 0 bridgehead atoms. The molecule has 1 aromatic carbocycles. The molecule has 1 aliphatic heterocycles. The van der Waals surface area contributed by atoms with Crippen LogP contribution in [0.25, 0.3) is 0 Å². The summed E-state index contributed by atoms with van der Waals surface area (Å²) < 4.78 is 6.44. The molecule has 1 unspecified atom stereocenters. The van der Waals surface area contributed by atoms with Crippen LogP contribution in [-0.4, -0.2) is 35.8 Å². The lowest BCUT2D eigenvalue weighted by Gasteiger charge is -2.38. The van der Waals surface area contributed by atoms with Crippen molar-refractivity contribution in [1.29, 1.82) is 0 Å². The molecule has 0 amide bonds. The summed E-state index contributed by atoms with van der Waals surface area (Å²) in [6.07, 6.45) is 7.59. The van der Waals surface area contributed by atoms with Crippen molar-refractivity contribution in [3.8, 4) is 0 Å². The van der Waals surface area contributed by atoms with Crippen molar-refractivity contribution in [2.24, 2.45) is 0 Å². The number of aryl methyl sites for hydroxylation is 1. The van der Waals surface area contributed by atoms with E-state index in [-0.39, 0.29) is 12.3 Å². The van der Waals surface area contributed by atoms with E-state index in [2.05, 4.69) is 44.5 Å². The number of benzene rings is 1. The minimum atomic E-state index is 0.00149. The van der Waals surface area contributed by atoms with Gasteiger partial charge < -0.3 is 15.0 Å². The molecule has 2 heterocycles. The SMILES string of the molecule is c1ccc2c(c1)CC[C@@H]2OC1CNCCN1c1cnccn1. The zero-order valence-corrected chi connectivity index (χ0v) is 12.5. The Kier molecular flexibility index (Phi) is 3.74. The van der Waals surface area contributed by atoms with Gasteiger partial charge in [0.05, 0.1) is 12.3 Å². The van der Waals surface area contributed by atoms with Crippen LogP contribution in [0.15, 0.2) is 42.9 Å². The number of hydrogen-bond acceptors (Lipinski definition) is 5. The van der Waals surface area contributed by atoms with Gasteiger partial charge in [-0.2, -0.15) is 0 Å². The average Bonchev–Trinajstić information content (AvgIpc) is 2.99. The van der Waals surface area contributed by atoms with Crippen LogP contribution in [0.1, 0.15) is 23.7 Å². The lowest BCUT2D eigenvalue weighted by atomic mass is 10.1. The highest BCUT2D eigenvalue weighted by Crippen LogP contribution is 2.35. The van der Waals surface area contributed by atoms with Gasteiger partial charge in [-0.05, 0) is 24.0 Å². The molecule has 5 heteroatoms. The molecule has 114 valence electrons. The number of rotatable bonds is 3. The van der Waals surface area contributed by atoms with Crippen molar-refractivity contribution in [2.75, 3.05) is 24.5 Å². The first-order chi connectivity index (χ1) is 10.9. The summed E-state index contributed by atoms with van der Waals surface area (Å²) in [5.41, 5.74) is 2.76. The molecule has 0 spiro atoms. The Morgan fingerprint density at radius 2 is 2.18 bits per heavy atom. The summed E-state index contributed by atoms with van der Waals surface area (Å²) in [7, 11) is 0. The molecule has 1 fully saturated rings. The quantitative estimate of drug-likeness (QED) is 0.938. The second-order valence-corrected chi connectivity index (χ2v) is 5.78. The van der Waals surface area contributed by atoms with E-state index in [9.17, 15) is 0 Å². The van der Waals surface area contributed by atoms with Crippen LogP contribution in [0, 0.1) is 0 Å². The van der Waals surface area contributed by atoms with Crippen LogP contribution in [0.4, 0.5) is 5.82 Å². The molecule has 2 atom stereocenters. The van der Waals surface area contributed by atoms with Crippen LogP contribution >= 0.6 is 0 Å². The third-order valence-corrected chi connectivity index (χ3v) is 4.44. The molecule has 0 saturated carbocycles. The normalized spacial score (nSPS) is 24.3. The van der Waals surface area contributed by atoms with E-state index in [0.29, 0.717) is 0 Å². The van der Waals surface area contributed by atoms with E-state index in [1.807, 2.05) is 6.20 Å². The Morgan fingerprint density at radius 1 is 1.23 bits per heavy atom. The van der Waals surface area contributed by atoms with Crippen molar-refractivity contribution in [3.63, 3.8) is 0 Å². The third-order valence-electron chi connectivity index (χ3n) is 4.44. The largest absolute Gasteiger partial charge is 0.349 e. The van der Waals surface area contributed by atoms with Gasteiger partial charge in [-0.1, -0.05) is 24.3 Å². The molecule has 1 aromatic heterocycles. The molecule has 1 aliphatic carbocycles. The highest BCUT2D eigenvalue weighted by atomic mass is 16.5. The first kappa shape index (κ1) is 13.7. The summed E-state index contributed by atoms with van der Waals surface area (Å²) in [5.74, 6) is 0.889. The van der Waals surface area contributed by atoms with Gasteiger partial charge in [0, 0.05) is 32.0 Å². The van der Waals surface area contributed by atoms with Gasteiger partial charge in [-0.3, -0.25) is 4.98 Å². The van der Waals surface area contributed by atoms with Crippen molar-refractivity contribution >= 4 is 5.82 Å². The molecule has 2 aromatic rings. The Labute approximate surface area is 130 Å². The van der Waals surface area contributed by atoms with Crippen molar-refractivity contribution in [2.45, 2.75) is 25.2 Å². The van der Waals surface area contributed by atoms with Gasteiger partial charge in [0.1, 0.15) is 12.0 Å². The number of aromatic nitrogens is 2. The maximum absolute atomic E-state index is 6.44. The van der Waals surface area contributed by atoms with Crippen LogP contribution < -0.4 is 10.2 Å². The van der Waals surface area contributed by atoms with Crippen molar-refractivity contribution in [1.82, 2.24) is 15.3 Å². The van der Waals surface area contributed by atoms with Crippen molar-refractivity contribution < 1.29 is 4.74 Å². The molecular formula is C17H20N4O.